The first-order chi connectivity index (χ1) is 7.93. The molecular weight excluding hydrogens is 192 g/mol. The molecule has 1 unspecified atom stereocenters. The van der Waals surface area contributed by atoms with Crippen molar-refractivity contribution in [1.82, 2.24) is 0 Å². The van der Waals surface area contributed by atoms with Crippen molar-refractivity contribution in [3.05, 3.63) is 77.4 Å². The van der Waals surface area contributed by atoms with Gasteiger partial charge in [-0.3, -0.25) is 0 Å². The van der Waals surface area contributed by atoms with E-state index in [4.69, 9.17) is 0 Å². The molecule has 78 valence electrons. The summed E-state index contributed by atoms with van der Waals surface area (Å²) >= 11 is 0. The van der Waals surface area contributed by atoms with Gasteiger partial charge in [0, 0.05) is 5.92 Å². The Morgan fingerprint density at radius 1 is 0.875 bits per heavy atom. The van der Waals surface area contributed by atoms with Crippen LogP contribution in [0.5, 0.6) is 0 Å². The Bertz CT molecular complexity index is 509. The zero-order valence-corrected chi connectivity index (χ0v) is 9.14. The molecule has 2 aromatic rings. The first-order valence-electron chi connectivity index (χ1n) is 5.74. The lowest BCUT2D eigenvalue weighted by Gasteiger charge is -2.27. The number of benzene rings is 2. The SMILES string of the molecule is C(=CC1Cc2ccccc21)c1ccccc1. The second-order valence-corrected chi connectivity index (χ2v) is 4.28. The highest BCUT2D eigenvalue weighted by molar-refractivity contribution is 5.53. The van der Waals surface area contributed by atoms with Gasteiger partial charge in [-0.15, -0.1) is 0 Å². The van der Waals surface area contributed by atoms with Crippen molar-refractivity contribution in [3.8, 4) is 0 Å². The van der Waals surface area contributed by atoms with Gasteiger partial charge < -0.3 is 0 Å². The fourth-order valence-electron chi connectivity index (χ4n) is 2.26. The van der Waals surface area contributed by atoms with Crippen LogP contribution in [0.4, 0.5) is 0 Å². The molecule has 0 N–H and O–H groups in total. The molecule has 2 aromatic carbocycles. The summed E-state index contributed by atoms with van der Waals surface area (Å²) in [6.07, 6.45) is 5.73. The first kappa shape index (κ1) is 9.41. The number of hydrogen-bond acceptors (Lipinski definition) is 0. The van der Waals surface area contributed by atoms with E-state index in [0.717, 1.165) is 0 Å². The number of hydrogen-bond donors (Lipinski definition) is 0. The minimum Gasteiger partial charge on any atom is -0.0761 e. The van der Waals surface area contributed by atoms with Crippen molar-refractivity contribution >= 4 is 6.08 Å². The van der Waals surface area contributed by atoms with E-state index < -0.39 is 0 Å². The van der Waals surface area contributed by atoms with Gasteiger partial charge in [-0.1, -0.05) is 66.7 Å². The lowest BCUT2D eigenvalue weighted by molar-refractivity contribution is 0.735. The predicted octanol–water partition coefficient (Wildman–Crippen LogP) is 4.04. The third-order valence-electron chi connectivity index (χ3n) is 3.21. The van der Waals surface area contributed by atoms with Crippen LogP contribution in [0.3, 0.4) is 0 Å². The fourth-order valence-corrected chi connectivity index (χ4v) is 2.26. The van der Waals surface area contributed by atoms with Gasteiger partial charge in [0.05, 0.1) is 0 Å². The molecule has 0 saturated heterocycles. The molecule has 1 atom stereocenters. The highest BCUT2D eigenvalue weighted by Crippen LogP contribution is 2.35. The van der Waals surface area contributed by atoms with Crippen LogP contribution in [-0.4, -0.2) is 0 Å². The average molecular weight is 206 g/mol. The summed E-state index contributed by atoms with van der Waals surface area (Å²) in [6, 6.07) is 19.2. The normalized spacial score (nSPS) is 18.1. The van der Waals surface area contributed by atoms with Gasteiger partial charge in [-0.2, -0.15) is 0 Å². The van der Waals surface area contributed by atoms with E-state index in [1.807, 2.05) is 0 Å². The van der Waals surface area contributed by atoms with E-state index in [2.05, 4.69) is 66.7 Å². The molecule has 0 aromatic heterocycles. The van der Waals surface area contributed by atoms with Crippen LogP contribution in [0, 0.1) is 0 Å². The van der Waals surface area contributed by atoms with Crippen LogP contribution in [0.25, 0.3) is 6.08 Å². The van der Waals surface area contributed by atoms with E-state index in [1.165, 1.54) is 23.1 Å². The van der Waals surface area contributed by atoms with Crippen molar-refractivity contribution in [1.29, 1.82) is 0 Å². The molecule has 1 aliphatic rings. The van der Waals surface area contributed by atoms with Gasteiger partial charge in [0.2, 0.25) is 0 Å². The second-order valence-electron chi connectivity index (χ2n) is 4.28. The molecule has 0 fully saturated rings. The smallest absolute Gasteiger partial charge is 0.00645 e. The Morgan fingerprint density at radius 2 is 1.62 bits per heavy atom. The van der Waals surface area contributed by atoms with Crippen molar-refractivity contribution in [2.45, 2.75) is 12.3 Å². The topological polar surface area (TPSA) is 0 Å². The summed E-state index contributed by atoms with van der Waals surface area (Å²) < 4.78 is 0. The molecule has 0 heteroatoms. The summed E-state index contributed by atoms with van der Waals surface area (Å²) in [5.74, 6) is 0.622. The molecule has 0 nitrogen and oxygen atoms in total. The first-order valence-corrected chi connectivity index (χ1v) is 5.74. The Kier molecular flexibility index (Phi) is 2.34. The molecule has 0 saturated carbocycles. The van der Waals surface area contributed by atoms with Gasteiger partial charge in [0.15, 0.2) is 0 Å². The Morgan fingerprint density at radius 3 is 2.44 bits per heavy atom. The lowest BCUT2D eigenvalue weighted by atomic mass is 9.77. The molecule has 0 amide bonds. The molecular formula is C16H14. The maximum Gasteiger partial charge on any atom is 0.00645 e. The highest BCUT2D eigenvalue weighted by Gasteiger charge is 2.22. The summed E-state index contributed by atoms with van der Waals surface area (Å²) in [6.45, 7) is 0. The maximum absolute atomic E-state index is 2.32. The van der Waals surface area contributed by atoms with Crippen molar-refractivity contribution in [3.63, 3.8) is 0 Å². The molecule has 1 aliphatic carbocycles. The lowest BCUT2D eigenvalue weighted by Crippen LogP contribution is -2.14. The number of fused-ring (bicyclic) bond motifs is 1. The predicted molar refractivity (Wildman–Crippen MR) is 68.4 cm³/mol. The van der Waals surface area contributed by atoms with Crippen LogP contribution in [0.15, 0.2) is 60.7 Å². The van der Waals surface area contributed by atoms with E-state index in [9.17, 15) is 0 Å². The minimum atomic E-state index is 0.622. The van der Waals surface area contributed by atoms with Gasteiger partial charge in [-0.25, -0.2) is 0 Å². The Balaban J connectivity index is 1.77. The Hall–Kier alpha value is -1.82. The van der Waals surface area contributed by atoms with Gasteiger partial charge in [0.25, 0.3) is 0 Å². The van der Waals surface area contributed by atoms with Crippen LogP contribution < -0.4 is 0 Å². The summed E-state index contributed by atoms with van der Waals surface area (Å²) in [5, 5.41) is 0. The third kappa shape index (κ3) is 1.67. The maximum atomic E-state index is 2.32. The minimum absolute atomic E-state index is 0.622. The summed E-state index contributed by atoms with van der Waals surface area (Å²) in [7, 11) is 0. The molecule has 0 radical (unpaired) electrons. The van der Waals surface area contributed by atoms with Crippen LogP contribution in [-0.2, 0) is 6.42 Å². The van der Waals surface area contributed by atoms with E-state index >= 15 is 0 Å². The van der Waals surface area contributed by atoms with E-state index in [1.54, 1.807) is 0 Å². The molecule has 3 rings (SSSR count). The summed E-state index contributed by atoms with van der Waals surface area (Å²) in [5.41, 5.74) is 4.28. The van der Waals surface area contributed by atoms with Crippen LogP contribution in [0.1, 0.15) is 22.6 Å². The average Bonchev–Trinajstić information content (AvgIpc) is 2.32. The zero-order valence-electron chi connectivity index (χ0n) is 9.14. The summed E-state index contributed by atoms with van der Waals surface area (Å²) in [4.78, 5) is 0. The van der Waals surface area contributed by atoms with Crippen LogP contribution in [0.2, 0.25) is 0 Å². The van der Waals surface area contributed by atoms with Crippen LogP contribution >= 0.6 is 0 Å². The van der Waals surface area contributed by atoms with Gasteiger partial charge >= 0.3 is 0 Å². The molecule has 16 heavy (non-hydrogen) atoms. The van der Waals surface area contributed by atoms with Gasteiger partial charge in [-0.05, 0) is 23.1 Å². The number of rotatable bonds is 2. The standard InChI is InChI=1S/C16H14/c1-2-6-13(7-3-1)10-11-15-12-14-8-4-5-9-16(14)15/h1-11,15H,12H2. The molecule has 0 aliphatic heterocycles. The van der Waals surface area contributed by atoms with Crippen molar-refractivity contribution < 1.29 is 0 Å². The monoisotopic (exact) mass is 206 g/mol. The fraction of sp³-hybridized carbons (Fsp3) is 0.125. The largest absolute Gasteiger partial charge is 0.0761 e. The Labute approximate surface area is 96.3 Å². The van der Waals surface area contributed by atoms with E-state index in [-0.39, 0.29) is 0 Å². The van der Waals surface area contributed by atoms with Gasteiger partial charge in [0.1, 0.15) is 0 Å². The van der Waals surface area contributed by atoms with Crippen molar-refractivity contribution in [2.75, 3.05) is 0 Å². The highest BCUT2D eigenvalue weighted by atomic mass is 14.3. The molecule has 0 bridgehead atoms. The number of allylic oxidation sites excluding steroid dienone is 1. The molecule has 0 heterocycles. The van der Waals surface area contributed by atoms with Crippen molar-refractivity contribution in [2.24, 2.45) is 0 Å². The van der Waals surface area contributed by atoms with E-state index in [0.29, 0.717) is 5.92 Å². The quantitative estimate of drug-likeness (QED) is 0.695. The zero-order chi connectivity index (χ0) is 10.8. The molecule has 0 spiro atoms. The second kappa shape index (κ2) is 3.97. The third-order valence-corrected chi connectivity index (χ3v) is 3.21.